The molecule has 0 amide bonds. The minimum absolute atomic E-state index is 0.0705. The highest BCUT2D eigenvalue weighted by molar-refractivity contribution is 7.85. The lowest BCUT2D eigenvalue weighted by Crippen LogP contribution is -2.46. The van der Waals surface area contributed by atoms with Crippen molar-refractivity contribution >= 4 is 16.1 Å². The van der Waals surface area contributed by atoms with Gasteiger partial charge >= 0.3 is 5.97 Å². The number of aliphatic hydroxyl groups excluding tert-OH is 1. The summed E-state index contributed by atoms with van der Waals surface area (Å²) in [6.45, 7) is 4.51. The molecule has 0 aromatic rings. The Morgan fingerprint density at radius 1 is 1.50 bits per heavy atom. The zero-order chi connectivity index (χ0) is 15.8. The van der Waals surface area contributed by atoms with Crippen molar-refractivity contribution in [1.82, 2.24) is 0 Å². The Labute approximate surface area is 120 Å². The van der Waals surface area contributed by atoms with Crippen molar-refractivity contribution in [2.75, 3.05) is 39.5 Å². The maximum Gasteiger partial charge on any atom is 0.330 e. The summed E-state index contributed by atoms with van der Waals surface area (Å²) in [5.41, 5.74) is 0. The summed E-state index contributed by atoms with van der Waals surface area (Å²) in [4.78, 5) is 10.8. The molecule has 0 saturated carbocycles. The fourth-order valence-electron chi connectivity index (χ4n) is 1.76. The number of ether oxygens (including phenoxy) is 1. The first-order chi connectivity index (χ1) is 9.06. The second-order valence-corrected chi connectivity index (χ2v) is 6.79. The minimum atomic E-state index is -4.29. The van der Waals surface area contributed by atoms with Gasteiger partial charge in [0.25, 0.3) is 0 Å². The SMILES string of the molecule is C=CC(=O)OCCC[N+](C)(C)CC(O)CCS(=O)(=O)[O-]. The van der Waals surface area contributed by atoms with Crippen LogP contribution >= 0.6 is 0 Å². The summed E-state index contributed by atoms with van der Waals surface area (Å²) in [5, 5.41) is 9.71. The lowest BCUT2D eigenvalue weighted by atomic mass is 10.2. The van der Waals surface area contributed by atoms with E-state index in [0.29, 0.717) is 24.0 Å². The number of carbonyl (C=O) groups is 1. The van der Waals surface area contributed by atoms with E-state index in [9.17, 15) is 22.9 Å². The van der Waals surface area contributed by atoms with Crippen LogP contribution in [0.5, 0.6) is 0 Å². The van der Waals surface area contributed by atoms with E-state index in [1.807, 2.05) is 14.1 Å². The van der Waals surface area contributed by atoms with Crippen LogP contribution in [0.2, 0.25) is 0 Å². The van der Waals surface area contributed by atoms with Crippen molar-refractivity contribution in [3.05, 3.63) is 12.7 Å². The zero-order valence-electron chi connectivity index (χ0n) is 11.9. The van der Waals surface area contributed by atoms with Gasteiger partial charge in [-0.2, -0.15) is 0 Å². The van der Waals surface area contributed by atoms with Crippen LogP contribution < -0.4 is 0 Å². The molecule has 8 heteroatoms. The van der Waals surface area contributed by atoms with E-state index in [-0.39, 0.29) is 13.0 Å². The number of quaternary nitrogens is 1. The van der Waals surface area contributed by atoms with Gasteiger partial charge in [-0.1, -0.05) is 6.58 Å². The summed E-state index contributed by atoms with van der Waals surface area (Å²) in [6, 6.07) is 0. The lowest BCUT2D eigenvalue weighted by molar-refractivity contribution is -0.893. The van der Waals surface area contributed by atoms with E-state index >= 15 is 0 Å². The highest BCUT2D eigenvalue weighted by atomic mass is 32.2. The normalized spacial score (nSPS) is 13.8. The van der Waals surface area contributed by atoms with Gasteiger partial charge in [-0.3, -0.25) is 0 Å². The van der Waals surface area contributed by atoms with Crippen molar-refractivity contribution in [2.45, 2.75) is 18.9 Å². The van der Waals surface area contributed by atoms with Crippen LogP contribution in [0, 0.1) is 0 Å². The second kappa shape index (κ2) is 8.35. The van der Waals surface area contributed by atoms with Gasteiger partial charge < -0.3 is 18.9 Å². The molecule has 1 N–H and O–H groups in total. The summed E-state index contributed by atoms with van der Waals surface area (Å²) in [5.74, 6) is -1.04. The number of carbonyl (C=O) groups excluding carboxylic acids is 1. The number of esters is 1. The van der Waals surface area contributed by atoms with Crippen LogP contribution in [-0.2, 0) is 19.6 Å². The molecule has 0 heterocycles. The summed E-state index contributed by atoms with van der Waals surface area (Å²) < 4.78 is 36.7. The molecule has 0 aliphatic heterocycles. The minimum Gasteiger partial charge on any atom is -0.748 e. The highest BCUT2D eigenvalue weighted by Crippen LogP contribution is 2.06. The number of aliphatic hydroxyl groups is 1. The fraction of sp³-hybridized carbons (Fsp3) is 0.750. The molecule has 20 heavy (non-hydrogen) atoms. The lowest BCUT2D eigenvalue weighted by Gasteiger charge is -2.32. The average molecular weight is 309 g/mol. The Morgan fingerprint density at radius 3 is 2.60 bits per heavy atom. The second-order valence-electron chi connectivity index (χ2n) is 5.27. The van der Waals surface area contributed by atoms with Gasteiger partial charge in [-0.25, -0.2) is 13.2 Å². The van der Waals surface area contributed by atoms with Gasteiger partial charge in [0.15, 0.2) is 0 Å². The molecule has 0 aliphatic rings. The van der Waals surface area contributed by atoms with Gasteiger partial charge in [0, 0.05) is 18.2 Å². The van der Waals surface area contributed by atoms with Crippen molar-refractivity contribution in [3.8, 4) is 0 Å². The quantitative estimate of drug-likeness (QED) is 0.191. The molecule has 0 radical (unpaired) electrons. The molecule has 7 nitrogen and oxygen atoms in total. The Hall–Kier alpha value is -0.960. The van der Waals surface area contributed by atoms with Crippen LogP contribution in [0.3, 0.4) is 0 Å². The number of likely N-dealkylation sites (N-methyl/N-ethyl adjacent to an activating group) is 1. The molecule has 1 unspecified atom stereocenters. The van der Waals surface area contributed by atoms with E-state index in [4.69, 9.17) is 4.74 Å². The zero-order valence-corrected chi connectivity index (χ0v) is 12.8. The Bertz CT molecular complexity index is 418. The Morgan fingerprint density at radius 2 is 2.10 bits per heavy atom. The van der Waals surface area contributed by atoms with Crippen LogP contribution in [0.25, 0.3) is 0 Å². The van der Waals surface area contributed by atoms with E-state index in [1.165, 1.54) is 0 Å². The van der Waals surface area contributed by atoms with Gasteiger partial charge in [0.05, 0.1) is 37.4 Å². The summed E-state index contributed by atoms with van der Waals surface area (Å²) >= 11 is 0. The van der Waals surface area contributed by atoms with E-state index < -0.39 is 27.9 Å². The number of rotatable bonds is 10. The monoisotopic (exact) mass is 309 g/mol. The van der Waals surface area contributed by atoms with E-state index in [2.05, 4.69) is 6.58 Å². The molecule has 118 valence electrons. The summed E-state index contributed by atoms with van der Waals surface area (Å²) in [7, 11) is -0.561. The topological polar surface area (TPSA) is 104 Å². The van der Waals surface area contributed by atoms with Crippen molar-refractivity contribution in [2.24, 2.45) is 0 Å². The smallest absolute Gasteiger partial charge is 0.330 e. The van der Waals surface area contributed by atoms with Crippen LogP contribution in [0.4, 0.5) is 0 Å². The maximum atomic E-state index is 10.8. The Kier molecular flexibility index (Phi) is 7.95. The first-order valence-corrected chi connectivity index (χ1v) is 7.86. The van der Waals surface area contributed by atoms with Crippen LogP contribution in [-0.4, -0.2) is 74.2 Å². The predicted molar refractivity (Wildman–Crippen MR) is 72.8 cm³/mol. The van der Waals surface area contributed by atoms with Crippen LogP contribution in [0.15, 0.2) is 12.7 Å². The average Bonchev–Trinajstić information content (AvgIpc) is 2.30. The molecule has 0 saturated heterocycles. The molecular weight excluding hydrogens is 286 g/mol. The molecule has 0 bridgehead atoms. The molecular formula is C12H23NO6S. The number of hydrogen-bond acceptors (Lipinski definition) is 6. The number of nitrogens with zero attached hydrogens (tertiary/aromatic N) is 1. The molecule has 0 spiro atoms. The highest BCUT2D eigenvalue weighted by Gasteiger charge is 2.20. The van der Waals surface area contributed by atoms with E-state index in [0.717, 1.165) is 6.08 Å². The molecule has 0 rings (SSSR count). The molecule has 0 fully saturated rings. The third-order valence-electron chi connectivity index (χ3n) is 2.72. The fourth-order valence-corrected chi connectivity index (χ4v) is 2.32. The standard InChI is InChI=1S/C12H23NO6S/c1-4-12(15)19-8-5-7-13(2,3)10-11(14)6-9-20(16,17)18/h4,11,14H,1,5-10H2,2-3H3. The van der Waals surface area contributed by atoms with Gasteiger partial charge in [-0.15, -0.1) is 0 Å². The molecule has 0 aromatic carbocycles. The maximum absolute atomic E-state index is 10.8. The van der Waals surface area contributed by atoms with Crippen molar-refractivity contribution in [1.29, 1.82) is 0 Å². The first-order valence-electron chi connectivity index (χ1n) is 6.28. The molecule has 1 atom stereocenters. The van der Waals surface area contributed by atoms with Gasteiger partial charge in [0.2, 0.25) is 0 Å². The summed E-state index contributed by atoms with van der Waals surface area (Å²) in [6.07, 6.45) is 0.773. The molecule has 0 aliphatic carbocycles. The Balaban J connectivity index is 3.98. The molecule has 0 aromatic heterocycles. The van der Waals surface area contributed by atoms with Gasteiger partial charge in [-0.05, 0) is 6.42 Å². The largest absolute Gasteiger partial charge is 0.748 e. The predicted octanol–water partition coefficient (Wildman–Crippen LogP) is -0.522. The third kappa shape index (κ3) is 10.9. The third-order valence-corrected chi connectivity index (χ3v) is 3.46. The van der Waals surface area contributed by atoms with Crippen molar-refractivity contribution in [3.63, 3.8) is 0 Å². The van der Waals surface area contributed by atoms with E-state index in [1.54, 1.807) is 0 Å². The van der Waals surface area contributed by atoms with Crippen LogP contribution in [0.1, 0.15) is 12.8 Å². The van der Waals surface area contributed by atoms with Gasteiger partial charge in [0.1, 0.15) is 12.6 Å². The number of hydrogen-bond donors (Lipinski definition) is 1. The first kappa shape index (κ1) is 19.0. The van der Waals surface area contributed by atoms with Crippen molar-refractivity contribution < 1.29 is 32.1 Å².